The third-order valence-electron chi connectivity index (χ3n) is 4.28. The van der Waals surface area contributed by atoms with Gasteiger partial charge in [-0.1, -0.05) is 0 Å². The topological polar surface area (TPSA) is 138 Å². The Morgan fingerprint density at radius 2 is 2.00 bits per heavy atom. The lowest BCUT2D eigenvalue weighted by molar-refractivity contribution is 0.0588. The Morgan fingerprint density at radius 1 is 1.26 bits per heavy atom. The molecule has 3 aromatic rings. The van der Waals surface area contributed by atoms with E-state index < -0.39 is 17.4 Å². The summed E-state index contributed by atoms with van der Waals surface area (Å²) in [7, 11) is 3.13. The maximum atomic E-state index is 12.7. The van der Waals surface area contributed by atoms with Crippen molar-refractivity contribution in [2.45, 2.75) is 26.4 Å². The zero-order valence-electron chi connectivity index (χ0n) is 18.1. The van der Waals surface area contributed by atoms with Crippen molar-refractivity contribution in [3.05, 3.63) is 35.0 Å². The first kappa shape index (κ1) is 22.1. The average Bonchev–Trinajstić information content (AvgIpc) is 3.04. The van der Waals surface area contributed by atoms with E-state index in [2.05, 4.69) is 15.0 Å². The second-order valence-electron chi connectivity index (χ2n) is 7.76. The molecule has 2 aromatic heterocycles. The molecule has 0 unspecified atom stereocenters. The monoisotopic (exact) mass is 430 g/mol. The van der Waals surface area contributed by atoms with Gasteiger partial charge in [0.1, 0.15) is 29.8 Å². The molecule has 1 aromatic carbocycles. The van der Waals surface area contributed by atoms with Crippen molar-refractivity contribution in [3.63, 3.8) is 0 Å². The number of hydrogen-bond acceptors (Lipinski definition) is 8. The highest BCUT2D eigenvalue weighted by atomic mass is 16.6. The highest BCUT2D eigenvalue weighted by Crippen LogP contribution is 2.32. The number of H-pyrrole nitrogens is 1. The molecule has 0 fully saturated rings. The van der Waals surface area contributed by atoms with E-state index in [1.54, 1.807) is 53.1 Å². The van der Waals surface area contributed by atoms with E-state index in [9.17, 15) is 9.59 Å². The molecule has 0 saturated heterocycles. The lowest BCUT2D eigenvalue weighted by atomic mass is 10.2. The van der Waals surface area contributed by atoms with Gasteiger partial charge in [-0.3, -0.25) is 4.90 Å². The molecule has 3 rings (SSSR count). The SMILES string of the molecule is COCCOc1ccc(-n2c(=O)[nH]c3c(N)ncnc32)cc1N(C)C(=O)OC(C)(C)C. The van der Waals surface area contributed by atoms with Crippen LogP contribution in [0.1, 0.15) is 20.8 Å². The number of rotatable bonds is 6. The van der Waals surface area contributed by atoms with Gasteiger partial charge in [-0.15, -0.1) is 0 Å². The molecule has 3 N–H and O–H groups in total. The van der Waals surface area contributed by atoms with Crippen molar-refractivity contribution in [1.82, 2.24) is 19.5 Å². The molecule has 0 aliphatic heterocycles. The number of nitrogens with zero attached hydrogens (tertiary/aromatic N) is 4. The van der Waals surface area contributed by atoms with Gasteiger partial charge in [0.05, 0.1) is 18.0 Å². The predicted molar refractivity (Wildman–Crippen MR) is 116 cm³/mol. The van der Waals surface area contributed by atoms with Crippen LogP contribution in [0.25, 0.3) is 16.9 Å². The lowest BCUT2D eigenvalue weighted by Gasteiger charge is -2.26. The van der Waals surface area contributed by atoms with Crippen LogP contribution < -0.4 is 21.1 Å². The van der Waals surface area contributed by atoms with Crippen LogP contribution in [-0.4, -0.2) is 58.6 Å². The Balaban J connectivity index is 2.09. The fraction of sp³-hybridized carbons (Fsp3) is 0.400. The number of fused-ring (bicyclic) bond motifs is 1. The molecule has 11 heteroatoms. The molecule has 0 saturated carbocycles. The first-order valence-electron chi connectivity index (χ1n) is 9.56. The minimum Gasteiger partial charge on any atom is -0.489 e. The normalized spacial score (nSPS) is 11.5. The summed E-state index contributed by atoms with van der Waals surface area (Å²) in [5.41, 5.74) is 6.24. The molecule has 166 valence electrons. The zero-order valence-corrected chi connectivity index (χ0v) is 18.1. The van der Waals surface area contributed by atoms with Gasteiger partial charge >= 0.3 is 11.8 Å². The van der Waals surface area contributed by atoms with Gasteiger partial charge in [0.25, 0.3) is 0 Å². The van der Waals surface area contributed by atoms with E-state index in [1.807, 2.05) is 0 Å². The Morgan fingerprint density at radius 3 is 2.68 bits per heavy atom. The molecular formula is C20H26N6O5. The van der Waals surface area contributed by atoms with Crippen LogP contribution in [0.2, 0.25) is 0 Å². The highest BCUT2D eigenvalue weighted by molar-refractivity contribution is 5.90. The van der Waals surface area contributed by atoms with Crippen molar-refractivity contribution in [2.75, 3.05) is 38.0 Å². The average molecular weight is 430 g/mol. The van der Waals surface area contributed by atoms with Crippen LogP contribution in [0.4, 0.5) is 16.3 Å². The van der Waals surface area contributed by atoms with E-state index in [4.69, 9.17) is 19.9 Å². The molecule has 31 heavy (non-hydrogen) atoms. The number of benzene rings is 1. The quantitative estimate of drug-likeness (QED) is 0.567. The standard InChI is InChI=1S/C20H26N6O5/c1-20(2,3)31-19(28)25(4)13-10-12(6-7-14(13)30-9-8-29-5)26-17-15(24-18(26)27)16(21)22-11-23-17/h6-7,10-11H,8-9H2,1-5H3,(H,24,27)(H2,21,22,23). The number of nitrogen functional groups attached to an aromatic ring is 1. The lowest BCUT2D eigenvalue weighted by Crippen LogP contribution is -2.34. The number of carbonyl (C=O) groups is 1. The second-order valence-corrected chi connectivity index (χ2v) is 7.76. The number of hydrogen-bond donors (Lipinski definition) is 2. The van der Waals surface area contributed by atoms with E-state index >= 15 is 0 Å². The smallest absolute Gasteiger partial charge is 0.414 e. The van der Waals surface area contributed by atoms with Crippen molar-refractivity contribution in [2.24, 2.45) is 0 Å². The minimum absolute atomic E-state index is 0.159. The molecule has 1 amide bonds. The van der Waals surface area contributed by atoms with Gasteiger partial charge in [0.2, 0.25) is 0 Å². The molecule has 0 aliphatic carbocycles. The maximum Gasteiger partial charge on any atom is 0.414 e. The van der Waals surface area contributed by atoms with Crippen molar-refractivity contribution in [3.8, 4) is 11.4 Å². The van der Waals surface area contributed by atoms with Crippen LogP contribution >= 0.6 is 0 Å². The van der Waals surface area contributed by atoms with E-state index in [1.165, 1.54) is 15.8 Å². The maximum absolute atomic E-state index is 12.7. The van der Waals surface area contributed by atoms with Crippen molar-refractivity contribution >= 4 is 28.8 Å². The Labute approximate surface area is 178 Å². The number of aromatic amines is 1. The zero-order chi connectivity index (χ0) is 22.8. The first-order chi connectivity index (χ1) is 14.6. The number of ether oxygens (including phenoxy) is 3. The van der Waals surface area contributed by atoms with Gasteiger partial charge in [-0.05, 0) is 39.0 Å². The second kappa shape index (κ2) is 8.64. The molecule has 0 spiro atoms. The van der Waals surface area contributed by atoms with Gasteiger partial charge in [0, 0.05) is 14.2 Å². The van der Waals surface area contributed by atoms with Crippen molar-refractivity contribution < 1.29 is 19.0 Å². The van der Waals surface area contributed by atoms with Crippen LogP contribution in [-0.2, 0) is 9.47 Å². The van der Waals surface area contributed by atoms with Crippen LogP contribution in [0.15, 0.2) is 29.3 Å². The first-order valence-corrected chi connectivity index (χ1v) is 9.56. The van der Waals surface area contributed by atoms with E-state index in [0.717, 1.165) is 0 Å². The molecule has 0 aliphatic rings. The van der Waals surface area contributed by atoms with Crippen molar-refractivity contribution in [1.29, 1.82) is 0 Å². The number of nitrogens with two attached hydrogens (primary N) is 1. The number of imidazole rings is 1. The molecule has 2 heterocycles. The highest BCUT2D eigenvalue weighted by Gasteiger charge is 2.24. The van der Waals surface area contributed by atoms with Gasteiger partial charge in [-0.25, -0.2) is 24.1 Å². The number of aromatic nitrogens is 4. The largest absolute Gasteiger partial charge is 0.489 e. The summed E-state index contributed by atoms with van der Waals surface area (Å²) in [5.74, 6) is 0.586. The third-order valence-corrected chi connectivity index (χ3v) is 4.28. The fourth-order valence-electron chi connectivity index (χ4n) is 2.87. The Hall–Kier alpha value is -3.60. The van der Waals surface area contributed by atoms with Gasteiger partial charge in [-0.2, -0.15) is 0 Å². The van der Waals surface area contributed by atoms with Crippen LogP contribution in [0.5, 0.6) is 5.75 Å². The summed E-state index contributed by atoms with van der Waals surface area (Å²) < 4.78 is 17.6. The number of nitrogens with one attached hydrogen (secondary N) is 1. The minimum atomic E-state index is -0.678. The summed E-state index contributed by atoms with van der Waals surface area (Å²) in [6, 6.07) is 4.98. The summed E-state index contributed by atoms with van der Waals surface area (Å²) in [4.78, 5) is 37.3. The summed E-state index contributed by atoms with van der Waals surface area (Å²) in [6.45, 7) is 5.99. The number of amides is 1. The van der Waals surface area contributed by atoms with Crippen LogP contribution in [0.3, 0.4) is 0 Å². The molecule has 0 radical (unpaired) electrons. The van der Waals surface area contributed by atoms with Crippen LogP contribution in [0, 0.1) is 0 Å². The summed E-state index contributed by atoms with van der Waals surface area (Å²) in [6.07, 6.45) is 0.705. The third kappa shape index (κ3) is 4.77. The number of anilines is 2. The fourth-order valence-corrected chi connectivity index (χ4v) is 2.87. The van der Waals surface area contributed by atoms with Gasteiger partial charge < -0.3 is 24.9 Å². The predicted octanol–water partition coefficient (Wildman–Crippen LogP) is 2.09. The number of carbonyl (C=O) groups excluding carboxylic acids is 1. The Kier molecular flexibility index (Phi) is 6.16. The Bertz CT molecular complexity index is 1150. The molecule has 0 atom stereocenters. The summed E-state index contributed by atoms with van der Waals surface area (Å²) in [5, 5.41) is 0. The van der Waals surface area contributed by atoms with E-state index in [-0.39, 0.29) is 12.4 Å². The molecule has 11 nitrogen and oxygen atoms in total. The molecule has 0 bridgehead atoms. The number of methoxy groups -OCH3 is 1. The summed E-state index contributed by atoms with van der Waals surface area (Å²) >= 11 is 0. The molecular weight excluding hydrogens is 404 g/mol. The van der Waals surface area contributed by atoms with Gasteiger partial charge in [0.15, 0.2) is 11.5 Å². The van der Waals surface area contributed by atoms with E-state index in [0.29, 0.717) is 34.9 Å².